The maximum atomic E-state index is 12.8. The molecule has 2 aromatic rings. The highest BCUT2D eigenvalue weighted by Crippen LogP contribution is 2.23. The van der Waals surface area contributed by atoms with Crippen LogP contribution in [-0.4, -0.2) is 38.1 Å². The predicted octanol–water partition coefficient (Wildman–Crippen LogP) is 3.20. The Morgan fingerprint density at radius 1 is 1.07 bits per heavy atom. The van der Waals surface area contributed by atoms with Gasteiger partial charge in [0.25, 0.3) is 5.91 Å². The molecule has 4 nitrogen and oxygen atoms in total. The largest absolute Gasteiger partial charge is 0.360 e. The molecule has 0 unspecified atom stereocenters. The topological polar surface area (TPSA) is 36.8 Å². The molecular formula is C22H29ClN3O+. The van der Waals surface area contributed by atoms with E-state index in [-0.39, 0.29) is 11.9 Å². The zero-order valence-electron chi connectivity index (χ0n) is 16.3. The number of halogens is 1. The molecule has 144 valence electrons. The zero-order valence-corrected chi connectivity index (χ0v) is 17.1. The van der Waals surface area contributed by atoms with Gasteiger partial charge in [-0.3, -0.25) is 4.79 Å². The summed E-state index contributed by atoms with van der Waals surface area (Å²) in [5.41, 5.74) is 3.27. The third-order valence-corrected chi connectivity index (χ3v) is 5.66. The van der Waals surface area contributed by atoms with Crippen molar-refractivity contribution in [1.82, 2.24) is 0 Å². The number of piperazine rings is 1. The Morgan fingerprint density at radius 2 is 1.78 bits per heavy atom. The molecule has 27 heavy (non-hydrogen) atoms. The van der Waals surface area contributed by atoms with E-state index in [2.05, 4.69) is 36.2 Å². The average molecular weight is 387 g/mol. The Bertz CT molecular complexity index is 785. The lowest BCUT2D eigenvalue weighted by Crippen LogP contribution is -3.19. The van der Waals surface area contributed by atoms with Gasteiger partial charge in [-0.1, -0.05) is 49.7 Å². The van der Waals surface area contributed by atoms with Gasteiger partial charge in [-0.15, -0.1) is 0 Å². The number of carbonyl (C=O) groups is 1. The van der Waals surface area contributed by atoms with E-state index >= 15 is 0 Å². The van der Waals surface area contributed by atoms with E-state index in [0.717, 1.165) is 42.6 Å². The predicted molar refractivity (Wildman–Crippen MR) is 113 cm³/mol. The SMILES string of the molecule is CC(C)c1ccccc1NC(=O)[C@@H](C)[NH+]1CCN(c2cccc(Cl)c2)CC1. The summed E-state index contributed by atoms with van der Waals surface area (Å²) in [6.45, 7) is 10.0. The molecular weight excluding hydrogens is 358 g/mol. The summed E-state index contributed by atoms with van der Waals surface area (Å²) in [6.07, 6.45) is 0. The Morgan fingerprint density at radius 3 is 2.44 bits per heavy atom. The third-order valence-electron chi connectivity index (χ3n) is 5.43. The second-order valence-corrected chi connectivity index (χ2v) is 8.01. The molecule has 1 saturated heterocycles. The monoisotopic (exact) mass is 386 g/mol. The maximum absolute atomic E-state index is 12.8. The van der Waals surface area contributed by atoms with Gasteiger partial charge in [-0.2, -0.15) is 0 Å². The molecule has 0 bridgehead atoms. The number of rotatable bonds is 5. The number of nitrogens with one attached hydrogen (secondary N) is 2. The lowest BCUT2D eigenvalue weighted by atomic mass is 10.0. The molecule has 1 heterocycles. The summed E-state index contributed by atoms with van der Waals surface area (Å²) in [4.78, 5) is 16.5. The second kappa shape index (κ2) is 8.77. The first-order valence-electron chi connectivity index (χ1n) is 9.70. The number of hydrogen-bond donors (Lipinski definition) is 2. The highest BCUT2D eigenvalue weighted by atomic mass is 35.5. The number of hydrogen-bond acceptors (Lipinski definition) is 2. The minimum absolute atomic E-state index is 0.0771. The van der Waals surface area contributed by atoms with Crippen LogP contribution < -0.4 is 15.1 Å². The van der Waals surface area contributed by atoms with Gasteiger partial charge in [-0.05, 0) is 42.7 Å². The van der Waals surface area contributed by atoms with Crippen LogP contribution in [0, 0.1) is 0 Å². The smallest absolute Gasteiger partial charge is 0.282 e. The van der Waals surface area contributed by atoms with Crippen LogP contribution in [-0.2, 0) is 4.79 Å². The molecule has 0 saturated carbocycles. The number of anilines is 2. The molecule has 0 spiro atoms. The van der Waals surface area contributed by atoms with Crippen LogP contribution in [0.1, 0.15) is 32.3 Å². The number of quaternary nitrogens is 1. The summed E-state index contributed by atoms with van der Waals surface area (Å²) in [5.74, 6) is 0.472. The van der Waals surface area contributed by atoms with E-state index in [1.807, 2.05) is 43.3 Å². The highest BCUT2D eigenvalue weighted by Gasteiger charge is 2.29. The van der Waals surface area contributed by atoms with Crippen molar-refractivity contribution in [3.05, 3.63) is 59.1 Å². The Kier molecular flexibility index (Phi) is 6.40. The first-order valence-corrected chi connectivity index (χ1v) is 10.1. The Balaban J connectivity index is 1.59. The molecule has 1 atom stereocenters. The molecule has 0 aromatic heterocycles. The van der Waals surface area contributed by atoms with E-state index in [1.54, 1.807) is 0 Å². The fourth-order valence-electron chi connectivity index (χ4n) is 3.70. The van der Waals surface area contributed by atoms with Crippen molar-refractivity contribution in [1.29, 1.82) is 0 Å². The highest BCUT2D eigenvalue weighted by molar-refractivity contribution is 6.30. The van der Waals surface area contributed by atoms with Gasteiger partial charge in [0.2, 0.25) is 0 Å². The molecule has 0 radical (unpaired) electrons. The van der Waals surface area contributed by atoms with Crippen LogP contribution >= 0.6 is 11.6 Å². The standard InChI is InChI=1S/C22H28ClN3O/c1-16(2)20-9-4-5-10-21(20)24-22(27)17(3)25-11-13-26(14-12-25)19-8-6-7-18(23)15-19/h4-10,15-17H,11-14H2,1-3H3,(H,24,27)/p+1/t17-/m1/s1. The average Bonchev–Trinajstić information content (AvgIpc) is 2.67. The van der Waals surface area contributed by atoms with E-state index in [9.17, 15) is 4.79 Å². The van der Waals surface area contributed by atoms with Crippen molar-refractivity contribution < 1.29 is 9.69 Å². The van der Waals surface area contributed by atoms with Gasteiger partial charge in [0.15, 0.2) is 6.04 Å². The summed E-state index contributed by atoms with van der Waals surface area (Å²) in [5, 5.41) is 3.91. The fourth-order valence-corrected chi connectivity index (χ4v) is 3.88. The molecule has 1 aliphatic heterocycles. The number of amides is 1. The van der Waals surface area contributed by atoms with Gasteiger partial charge in [0, 0.05) is 16.4 Å². The van der Waals surface area contributed by atoms with Gasteiger partial charge in [0.05, 0.1) is 26.2 Å². The minimum atomic E-state index is -0.0771. The fraction of sp³-hybridized carbons (Fsp3) is 0.409. The first kappa shape index (κ1) is 19.7. The van der Waals surface area contributed by atoms with Gasteiger partial charge in [0.1, 0.15) is 0 Å². The molecule has 1 aliphatic rings. The first-order chi connectivity index (χ1) is 13.0. The van der Waals surface area contributed by atoms with Crippen molar-refractivity contribution in [2.24, 2.45) is 0 Å². The van der Waals surface area contributed by atoms with Crippen LogP contribution in [0.15, 0.2) is 48.5 Å². The van der Waals surface area contributed by atoms with Crippen LogP contribution in [0.25, 0.3) is 0 Å². The van der Waals surface area contributed by atoms with E-state index in [0.29, 0.717) is 5.92 Å². The maximum Gasteiger partial charge on any atom is 0.282 e. The molecule has 0 aliphatic carbocycles. The summed E-state index contributed by atoms with van der Waals surface area (Å²) in [6, 6.07) is 16.0. The van der Waals surface area contributed by atoms with Crippen molar-refractivity contribution in [3.8, 4) is 0 Å². The Labute approximate surface area is 167 Å². The van der Waals surface area contributed by atoms with Crippen molar-refractivity contribution in [2.75, 3.05) is 36.4 Å². The molecule has 1 amide bonds. The summed E-state index contributed by atoms with van der Waals surface area (Å²) < 4.78 is 0. The van der Waals surface area contributed by atoms with E-state index < -0.39 is 0 Å². The van der Waals surface area contributed by atoms with Gasteiger partial charge in [-0.25, -0.2) is 0 Å². The molecule has 1 fully saturated rings. The lowest BCUT2D eigenvalue weighted by Gasteiger charge is -2.36. The number of para-hydroxylation sites is 1. The van der Waals surface area contributed by atoms with Crippen LogP contribution in [0.3, 0.4) is 0 Å². The van der Waals surface area contributed by atoms with Gasteiger partial charge >= 0.3 is 0 Å². The molecule has 5 heteroatoms. The van der Waals surface area contributed by atoms with Crippen molar-refractivity contribution in [3.63, 3.8) is 0 Å². The van der Waals surface area contributed by atoms with Crippen LogP contribution in [0.4, 0.5) is 11.4 Å². The number of carbonyl (C=O) groups excluding carboxylic acids is 1. The van der Waals surface area contributed by atoms with Crippen molar-refractivity contribution in [2.45, 2.75) is 32.7 Å². The zero-order chi connectivity index (χ0) is 19.4. The third kappa shape index (κ3) is 4.82. The van der Waals surface area contributed by atoms with E-state index in [1.165, 1.54) is 10.5 Å². The van der Waals surface area contributed by atoms with Crippen LogP contribution in [0.5, 0.6) is 0 Å². The molecule has 2 aromatic carbocycles. The molecule has 2 N–H and O–H groups in total. The number of benzene rings is 2. The Hall–Kier alpha value is -2.04. The van der Waals surface area contributed by atoms with E-state index in [4.69, 9.17) is 11.6 Å². The normalized spacial score (nSPS) is 16.4. The quantitative estimate of drug-likeness (QED) is 0.828. The lowest BCUT2D eigenvalue weighted by molar-refractivity contribution is -0.914. The van der Waals surface area contributed by atoms with Crippen molar-refractivity contribution >= 4 is 28.9 Å². The number of nitrogens with zero attached hydrogens (tertiary/aromatic N) is 1. The summed E-state index contributed by atoms with van der Waals surface area (Å²) in [7, 11) is 0. The minimum Gasteiger partial charge on any atom is -0.360 e. The van der Waals surface area contributed by atoms with Gasteiger partial charge < -0.3 is 15.1 Å². The summed E-state index contributed by atoms with van der Waals surface area (Å²) >= 11 is 6.11. The molecule has 3 rings (SSSR count). The van der Waals surface area contributed by atoms with Crippen LogP contribution in [0.2, 0.25) is 5.02 Å². The second-order valence-electron chi connectivity index (χ2n) is 7.58.